The Hall–Kier alpha value is 0.110. The highest BCUT2D eigenvalue weighted by Gasteiger charge is 2.18. The monoisotopic (exact) mass is 461 g/mol. The third-order valence-electron chi connectivity index (χ3n) is 3.35. The van der Waals surface area contributed by atoms with Crippen LogP contribution in [0.5, 0.6) is 0 Å². The van der Waals surface area contributed by atoms with Gasteiger partial charge in [-0.05, 0) is 46.5 Å². The summed E-state index contributed by atoms with van der Waals surface area (Å²) in [5.74, 6) is 1.81. The van der Waals surface area contributed by atoms with E-state index in [4.69, 9.17) is 5.11 Å². The fourth-order valence-electron chi connectivity index (χ4n) is 2.05. The van der Waals surface area contributed by atoms with E-state index in [9.17, 15) is 4.21 Å². The maximum atomic E-state index is 12.0. The van der Waals surface area contributed by atoms with Gasteiger partial charge in [0.25, 0.3) is 0 Å². The van der Waals surface area contributed by atoms with E-state index in [2.05, 4.69) is 22.5 Å². The Morgan fingerprint density at radius 1 is 1.22 bits per heavy atom. The number of halogens is 1. The lowest BCUT2D eigenvalue weighted by atomic mass is 10.0. The molecule has 0 aliphatic heterocycles. The van der Waals surface area contributed by atoms with Crippen LogP contribution in [0.4, 0.5) is 0 Å². The van der Waals surface area contributed by atoms with Crippen LogP contribution in [0.2, 0.25) is 0 Å². The molecular formula is C16H36IN3O2S. The molecule has 0 aliphatic carbocycles. The van der Waals surface area contributed by atoms with Crippen molar-refractivity contribution in [3.8, 4) is 0 Å². The third kappa shape index (κ3) is 13.1. The van der Waals surface area contributed by atoms with Crippen molar-refractivity contribution in [3.05, 3.63) is 0 Å². The standard InChI is InChI=1S/C16H35N3O2S.HI/c1-6-8-14(9-11-20)13-19-15(17-7-2)18-10-12-22(21)16(3,4)5;/h14,20H,6-13H2,1-5H3,(H2,17,18,19);1H. The van der Waals surface area contributed by atoms with Crippen LogP contribution in [0.3, 0.4) is 0 Å². The van der Waals surface area contributed by atoms with Crippen molar-refractivity contribution < 1.29 is 9.32 Å². The van der Waals surface area contributed by atoms with Gasteiger partial charge in [0, 0.05) is 47.5 Å². The van der Waals surface area contributed by atoms with E-state index >= 15 is 0 Å². The maximum Gasteiger partial charge on any atom is 0.191 e. The number of rotatable bonds is 10. The van der Waals surface area contributed by atoms with Crippen LogP contribution in [0, 0.1) is 5.92 Å². The highest BCUT2D eigenvalue weighted by molar-refractivity contribution is 14.0. The lowest BCUT2D eigenvalue weighted by Gasteiger charge is -2.19. The summed E-state index contributed by atoms with van der Waals surface area (Å²) in [7, 11) is -0.855. The molecule has 0 fully saturated rings. The SMILES string of the molecule is CCCC(CCO)CN=C(NCC)NCCS(=O)C(C)(C)C.I. The topological polar surface area (TPSA) is 73.7 Å². The predicted octanol–water partition coefficient (Wildman–Crippen LogP) is 2.51. The summed E-state index contributed by atoms with van der Waals surface area (Å²) in [4.78, 5) is 4.59. The van der Waals surface area contributed by atoms with Crippen LogP contribution < -0.4 is 10.6 Å². The molecule has 0 aromatic rings. The summed E-state index contributed by atoms with van der Waals surface area (Å²) in [6.45, 7) is 12.5. The van der Waals surface area contributed by atoms with Crippen molar-refractivity contribution in [3.63, 3.8) is 0 Å². The minimum atomic E-state index is -0.855. The Bertz CT molecular complexity index is 341. The van der Waals surface area contributed by atoms with Gasteiger partial charge in [0.2, 0.25) is 0 Å². The number of aliphatic imine (C=N–C) groups is 1. The molecule has 0 aromatic carbocycles. The van der Waals surface area contributed by atoms with Crippen molar-refractivity contribution in [2.45, 2.75) is 58.6 Å². The van der Waals surface area contributed by atoms with Gasteiger partial charge in [-0.3, -0.25) is 9.20 Å². The first kappa shape index (κ1) is 25.4. The van der Waals surface area contributed by atoms with Crippen LogP contribution in [-0.4, -0.2) is 52.0 Å². The summed E-state index contributed by atoms with van der Waals surface area (Å²) < 4.78 is 11.8. The van der Waals surface area contributed by atoms with Gasteiger partial charge >= 0.3 is 0 Å². The van der Waals surface area contributed by atoms with E-state index < -0.39 is 10.8 Å². The molecule has 0 aliphatic rings. The Morgan fingerprint density at radius 2 is 1.87 bits per heavy atom. The molecule has 5 nitrogen and oxygen atoms in total. The van der Waals surface area contributed by atoms with Crippen LogP contribution in [0.1, 0.15) is 53.9 Å². The number of aliphatic hydroxyl groups excluding tert-OH is 1. The zero-order chi connectivity index (χ0) is 17.0. The quantitative estimate of drug-likeness (QED) is 0.266. The van der Waals surface area contributed by atoms with Crippen LogP contribution in [0.25, 0.3) is 0 Å². The van der Waals surface area contributed by atoms with Gasteiger partial charge in [0.15, 0.2) is 5.96 Å². The molecule has 0 heterocycles. The number of hydrogen-bond acceptors (Lipinski definition) is 3. The first-order chi connectivity index (χ1) is 10.3. The van der Waals surface area contributed by atoms with Crippen molar-refractivity contribution in [1.29, 1.82) is 0 Å². The minimum Gasteiger partial charge on any atom is -0.396 e. The molecule has 0 saturated carbocycles. The molecule has 23 heavy (non-hydrogen) atoms. The number of nitrogens with one attached hydrogen (secondary N) is 2. The molecule has 0 aromatic heterocycles. The van der Waals surface area contributed by atoms with Crippen molar-refractivity contribution >= 4 is 40.7 Å². The smallest absolute Gasteiger partial charge is 0.191 e. The molecule has 0 rings (SSSR count). The van der Waals surface area contributed by atoms with E-state index in [0.29, 0.717) is 24.8 Å². The van der Waals surface area contributed by atoms with Gasteiger partial charge in [-0.15, -0.1) is 24.0 Å². The molecule has 0 saturated heterocycles. The molecule has 0 amide bonds. The Balaban J connectivity index is 0. The Kier molecular flexibility index (Phi) is 15.9. The highest BCUT2D eigenvalue weighted by Crippen LogP contribution is 2.11. The van der Waals surface area contributed by atoms with E-state index in [0.717, 1.165) is 31.8 Å². The summed E-state index contributed by atoms with van der Waals surface area (Å²) in [5.41, 5.74) is 0. The first-order valence-corrected chi connectivity index (χ1v) is 9.68. The summed E-state index contributed by atoms with van der Waals surface area (Å²) >= 11 is 0. The lowest BCUT2D eigenvalue weighted by molar-refractivity contribution is 0.253. The van der Waals surface area contributed by atoms with Crippen LogP contribution >= 0.6 is 24.0 Å². The fraction of sp³-hybridized carbons (Fsp3) is 0.938. The summed E-state index contributed by atoms with van der Waals surface area (Å²) in [5, 5.41) is 15.6. The number of guanidine groups is 1. The normalized spacial score (nSPS) is 14.8. The van der Waals surface area contributed by atoms with Crippen LogP contribution in [-0.2, 0) is 10.8 Å². The molecule has 2 unspecified atom stereocenters. The van der Waals surface area contributed by atoms with Crippen LogP contribution in [0.15, 0.2) is 4.99 Å². The Labute approximate surface area is 162 Å². The zero-order valence-electron chi connectivity index (χ0n) is 15.4. The predicted molar refractivity (Wildman–Crippen MR) is 112 cm³/mol. The minimum absolute atomic E-state index is 0. The zero-order valence-corrected chi connectivity index (χ0v) is 18.5. The summed E-state index contributed by atoms with van der Waals surface area (Å²) in [6.07, 6.45) is 2.98. The largest absolute Gasteiger partial charge is 0.396 e. The first-order valence-electron chi connectivity index (χ1n) is 8.36. The van der Waals surface area contributed by atoms with Gasteiger partial charge in [-0.25, -0.2) is 0 Å². The average molecular weight is 461 g/mol. The Morgan fingerprint density at radius 3 is 2.35 bits per heavy atom. The van der Waals surface area contributed by atoms with E-state index in [1.54, 1.807) is 0 Å². The van der Waals surface area contributed by atoms with Crippen molar-refractivity contribution in [2.24, 2.45) is 10.9 Å². The fourth-order valence-corrected chi connectivity index (χ4v) is 2.95. The second kappa shape index (κ2) is 14.5. The molecular weight excluding hydrogens is 425 g/mol. The second-order valence-corrected chi connectivity index (χ2v) is 8.80. The van der Waals surface area contributed by atoms with Gasteiger partial charge in [0.1, 0.15) is 0 Å². The average Bonchev–Trinajstić information content (AvgIpc) is 2.43. The maximum absolute atomic E-state index is 12.0. The lowest BCUT2D eigenvalue weighted by Crippen LogP contribution is -2.40. The van der Waals surface area contributed by atoms with Gasteiger partial charge in [0.05, 0.1) is 0 Å². The molecule has 7 heteroatoms. The molecule has 140 valence electrons. The molecule has 2 atom stereocenters. The van der Waals surface area contributed by atoms with Gasteiger partial charge in [-0.1, -0.05) is 13.3 Å². The van der Waals surface area contributed by atoms with Crippen molar-refractivity contribution in [1.82, 2.24) is 10.6 Å². The van der Waals surface area contributed by atoms with E-state index in [1.165, 1.54) is 0 Å². The van der Waals surface area contributed by atoms with Crippen molar-refractivity contribution in [2.75, 3.05) is 32.0 Å². The van der Waals surface area contributed by atoms with E-state index in [-0.39, 0.29) is 35.3 Å². The number of aliphatic hydroxyl groups is 1. The number of hydrogen-bond donors (Lipinski definition) is 3. The second-order valence-electron chi connectivity index (χ2n) is 6.48. The molecule has 3 N–H and O–H groups in total. The van der Waals surface area contributed by atoms with Gasteiger partial charge < -0.3 is 15.7 Å². The molecule has 0 bridgehead atoms. The summed E-state index contributed by atoms with van der Waals surface area (Å²) in [6, 6.07) is 0. The third-order valence-corrected chi connectivity index (χ3v) is 5.29. The van der Waals surface area contributed by atoms with Gasteiger partial charge in [-0.2, -0.15) is 0 Å². The molecule has 0 radical (unpaired) electrons. The number of nitrogens with zero attached hydrogens (tertiary/aromatic N) is 1. The van der Waals surface area contributed by atoms with E-state index in [1.807, 2.05) is 27.7 Å². The highest BCUT2D eigenvalue weighted by atomic mass is 127. The molecule has 0 spiro atoms.